The van der Waals surface area contributed by atoms with E-state index in [1.165, 1.54) is 25.1 Å². The van der Waals surface area contributed by atoms with Crippen LogP contribution in [0.5, 0.6) is 0 Å². The number of aliphatic hydroxyl groups excluding tert-OH is 1. The predicted octanol–water partition coefficient (Wildman–Crippen LogP) is 5.02. The van der Waals surface area contributed by atoms with Gasteiger partial charge in [-0.15, -0.1) is 0 Å². The van der Waals surface area contributed by atoms with Crippen LogP contribution < -0.4 is 15.8 Å². The third-order valence-corrected chi connectivity index (χ3v) is 9.21. The van der Waals surface area contributed by atoms with Crippen LogP contribution in [0.15, 0.2) is 91.5 Å². The molecule has 38 heavy (non-hydrogen) atoms. The number of nitrogens with one attached hydrogen (secondary N) is 2. The molecule has 3 N–H and O–H groups in total. The fraction of sp³-hybridized carbons (Fsp3) is 0.250. The number of aromatic amines is 1. The van der Waals surface area contributed by atoms with Gasteiger partial charge in [0.15, 0.2) is 0 Å². The van der Waals surface area contributed by atoms with E-state index in [2.05, 4.69) is 61.6 Å². The first-order chi connectivity index (χ1) is 18.6. The van der Waals surface area contributed by atoms with Gasteiger partial charge in [0, 0.05) is 74.3 Å². The molecule has 194 valence electrons. The van der Waals surface area contributed by atoms with Crippen LogP contribution in [0.1, 0.15) is 36.0 Å². The van der Waals surface area contributed by atoms with Crippen LogP contribution in [0.2, 0.25) is 0 Å². The topological polar surface area (TPSA) is 103 Å². The third kappa shape index (κ3) is 5.17. The molecule has 0 spiro atoms. The second-order valence-corrected chi connectivity index (χ2v) is 11.4. The number of aliphatic hydroxyl groups is 1. The molecule has 0 amide bonds. The fourth-order valence-corrected chi connectivity index (χ4v) is 7.10. The molecule has 0 aliphatic carbocycles. The summed E-state index contributed by atoms with van der Waals surface area (Å²) in [6, 6.07) is 16.3. The zero-order valence-corrected chi connectivity index (χ0v) is 22.4. The number of ether oxygens (including phenoxy) is 1. The van der Waals surface area contributed by atoms with E-state index in [-0.39, 0.29) is 24.3 Å². The monoisotopic (exact) mass is 545 g/mol. The normalized spacial score (nSPS) is 17.4. The van der Waals surface area contributed by atoms with Crippen molar-refractivity contribution in [2.75, 3.05) is 29.9 Å². The lowest BCUT2D eigenvalue weighted by Crippen LogP contribution is -2.39. The highest BCUT2D eigenvalue weighted by molar-refractivity contribution is 8.05. The lowest BCUT2D eigenvalue weighted by Gasteiger charge is -2.36. The summed E-state index contributed by atoms with van der Waals surface area (Å²) >= 11 is 3.55. The Labute approximate surface area is 228 Å². The van der Waals surface area contributed by atoms with Gasteiger partial charge in [-0.25, -0.2) is 9.97 Å². The molecule has 6 rings (SSSR count). The fourth-order valence-electron chi connectivity index (χ4n) is 4.65. The van der Waals surface area contributed by atoms with Crippen molar-refractivity contribution in [1.82, 2.24) is 15.0 Å². The van der Waals surface area contributed by atoms with E-state index in [0.717, 1.165) is 17.9 Å². The molecule has 4 heterocycles. The van der Waals surface area contributed by atoms with Crippen LogP contribution in [-0.2, 0) is 11.3 Å². The van der Waals surface area contributed by atoms with Crippen LogP contribution in [0.4, 0.5) is 11.4 Å². The minimum absolute atomic E-state index is 0.0652. The summed E-state index contributed by atoms with van der Waals surface area (Å²) in [5.41, 5.74) is 3.70. The number of morpholine rings is 1. The molecule has 2 aliphatic rings. The molecule has 8 nitrogen and oxygen atoms in total. The van der Waals surface area contributed by atoms with Gasteiger partial charge in [0.1, 0.15) is 11.9 Å². The Morgan fingerprint density at radius 1 is 1.13 bits per heavy atom. The average Bonchev–Trinajstić information content (AvgIpc) is 2.96. The Morgan fingerprint density at radius 3 is 2.82 bits per heavy atom. The highest BCUT2D eigenvalue weighted by Gasteiger charge is 2.28. The second-order valence-electron chi connectivity index (χ2n) is 9.23. The lowest BCUT2D eigenvalue weighted by atomic mass is 10.1. The van der Waals surface area contributed by atoms with Gasteiger partial charge in [0.05, 0.1) is 19.3 Å². The van der Waals surface area contributed by atoms with Crippen molar-refractivity contribution in [3.8, 4) is 0 Å². The van der Waals surface area contributed by atoms with Crippen molar-refractivity contribution in [2.45, 2.75) is 45.3 Å². The van der Waals surface area contributed by atoms with Gasteiger partial charge in [-0.1, -0.05) is 35.7 Å². The summed E-state index contributed by atoms with van der Waals surface area (Å²) < 4.78 is 6.23. The average molecular weight is 546 g/mol. The highest BCUT2D eigenvalue weighted by atomic mass is 32.2. The van der Waals surface area contributed by atoms with Gasteiger partial charge in [-0.3, -0.25) is 4.79 Å². The zero-order valence-electron chi connectivity index (χ0n) is 20.8. The molecule has 2 atom stereocenters. The maximum Gasteiger partial charge on any atom is 0.249 e. The van der Waals surface area contributed by atoms with Crippen LogP contribution in [-0.4, -0.2) is 39.8 Å². The molecular formula is C28H27N5O3S2. The Kier molecular flexibility index (Phi) is 7.12. The molecule has 10 heteroatoms. The first-order valence-electron chi connectivity index (χ1n) is 12.4. The van der Waals surface area contributed by atoms with Crippen LogP contribution in [0, 0.1) is 0 Å². The van der Waals surface area contributed by atoms with Crippen LogP contribution in [0.3, 0.4) is 0 Å². The van der Waals surface area contributed by atoms with Gasteiger partial charge in [0.25, 0.3) is 0 Å². The Morgan fingerprint density at radius 2 is 2.00 bits per heavy atom. The van der Waals surface area contributed by atoms with E-state index in [1.54, 1.807) is 48.2 Å². The van der Waals surface area contributed by atoms with Gasteiger partial charge in [-0.05, 0) is 42.8 Å². The molecule has 0 bridgehead atoms. The maximum atomic E-state index is 11.8. The third-order valence-electron chi connectivity index (χ3n) is 6.60. The molecule has 2 unspecified atom stereocenters. The van der Waals surface area contributed by atoms with E-state index in [9.17, 15) is 9.90 Å². The standard InChI is InChI=1S/C28H27N5O3S2/c1-17(28-30-13-18(16-34)14-31-28)32-19-5-6-23-25(11-19)37-24-4-2-3-21(27(24)38-23)22-15-33(9-10-36-22)20-7-8-29-26(35)12-20/h2-8,11-14,17,22,32,34H,9-10,15-16H2,1H3,(H,29,35). The maximum absolute atomic E-state index is 11.8. The van der Waals surface area contributed by atoms with E-state index >= 15 is 0 Å². The summed E-state index contributed by atoms with van der Waals surface area (Å²) in [5, 5.41) is 12.7. The molecule has 2 aromatic heterocycles. The minimum atomic E-state index is -0.0958. The number of hydrogen-bond acceptors (Lipinski definition) is 9. The number of anilines is 2. The van der Waals surface area contributed by atoms with E-state index in [0.29, 0.717) is 24.5 Å². The summed E-state index contributed by atoms with van der Waals surface area (Å²) in [7, 11) is 0. The molecule has 1 fully saturated rings. The number of benzene rings is 2. The number of hydrogen-bond donors (Lipinski definition) is 3. The van der Waals surface area contributed by atoms with E-state index in [1.807, 2.05) is 13.0 Å². The van der Waals surface area contributed by atoms with Crippen LogP contribution in [0.25, 0.3) is 0 Å². The van der Waals surface area contributed by atoms with E-state index < -0.39 is 0 Å². The molecular weight excluding hydrogens is 518 g/mol. The SMILES string of the molecule is CC(Nc1ccc2c(c1)Sc1cccc(C3CN(c4cc[nH]c(=O)c4)CCO3)c1S2)c1ncc(CO)cn1. The Bertz CT molecular complexity index is 1510. The van der Waals surface area contributed by atoms with Gasteiger partial charge >= 0.3 is 0 Å². The molecule has 4 aromatic rings. The second kappa shape index (κ2) is 10.8. The number of aromatic nitrogens is 3. The quantitative estimate of drug-likeness (QED) is 0.271. The number of H-pyrrole nitrogens is 1. The summed E-state index contributed by atoms with van der Waals surface area (Å²) in [4.78, 5) is 30.3. The molecule has 0 saturated carbocycles. The van der Waals surface area contributed by atoms with Crippen molar-refractivity contribution >= 4 is 34.9 Å². The Hall–Kier alpha value is -3.31. The minimum Gasteiger partial charge on any atom is -0.392 e. The van der Waals surface area contributed by atoms with Crippen molar-refractivity contribution in [2.24, 2.45) is 0 Å². The van der Waals surface area contributed by atoms with Gasteiger partial charge < -0.3 is 25.0 Å². The number of rotatable bonds is 6. The first-order valence-corrected chi connectivity index (χ1v) is 14.1. The summed E-state index contributed by atoms with van der Waals surface area (Å²) in [5.74, 6) is 0.679. The lowest BCUT2D eigenvalue weighted by molar-refractivity contribution is 0.0379. The molecule has 0 radical (unpaired) electrons. The highest BCUT2D eigenvalue weighted by Crippen LogP contribution is 2.52. The largest absolute Gasteiger partial charge is 0.392 e. The number of nitrogens with zero attached hydrogens (tertiary/aromatic N) is 3. The summed E-state index contributed by atoms with van der Waals surface area (Å²) in [6.07, 6.45) is 4.93. The zero-order chi connectivity index (χ0) is 26.1. The van der Waals surface area contributed by atoms with Crippen molar-refractivity contribution in [3.63, 3.8) is 0 Å². The van der Waals surface area contributed by atoms with Gasteiger partial charge in [-0.2, -0.15) is 0 Å². The predicted molar refractivity (Wildman–Crippen MR) is 149 cm³/mol. The summed E-state index contributed by atoms with van der Waals surface area (Å²) in [6.45, 7) is 4.01. The Balaban J connectivity index is 1.20. The van der Waals surface area contributed by atoms with Crippen LogP contribution >= 0.6 is 23.5 Å². The smallest absolute Gasteiger partial charge is 0.249 e. The number of pyridine rings is 1. The van der Waals surface area contributed by atoms with Gasteiger partial charge in [0.2, 0.25) is 5.56 Å². The van der Waals surface area contributed by atoms with Crippen molar-refractivity contribution in [1.29, 1.82) is 0 Å². The molecule has 2 aliphatic heterocycles. The van der Waals surface area contributed by atoms with Crippen molar-refractivity contribution in [3.05, 3.63) is 94.4 Å². The van der Waals surface area contributed by atoms with E-state index in [4.69, 9.17) is 4.74 Å². The molecule has 1 saturated heterocycles. The number of fused-ring (bicyclic) bond motifs is 2. The first kappa shape index (κ1) is 25.0. The van der Waals surface area contributed by atoms with Crippen molar-refractivity contribution < 1.29 is 9.84 Å². The molecule has 2 aromatic carbocycles.